The molecule has 0 aromatic rings. The highest BCUT2D eigenvalue weighted by Gasteiger charge is 2.27. The standard InChI is InChI=1S/C26H48NO10P/c1-3-4-5-6-7-8-9-10-11-12-13-14-15-16-17-18-25(29)37-23(19-34-22(2)28)20-35-38(32,33)36-21-24(27)26(30)31/h10-11,23-24H,3-9,12-21,27H2,1-2H3,(H,30,31)(H,32,33)/b11-10-. The van der Waals surface area contributed by atoms with E-state index in [2.05, 4.69) is 23.6 Å². The molecule has 0 saturated carbocycles. The van der Waals surface area contributed by atoms with E-state index in [0.717, 1.165) is 38.5 Å². The van der Waals surface area contributed by atoms with Crippen molar-refractivity contribution in [2.24, 2.45) is 5.73 Å². The van der Waals surface area contributed by atoms with Crippen LogP contribution in [-0.2, 0) is 37.5 Å². The third-order valence-electron chi connectivity index (χ3n) is 5.57. The lowest BCUT2D eigenvalue weighted by Crippen LogP contribution is -2.34. The summed E-state index contributed by atoms with van der Waals surface area (Å²) in [5.41, 5.74) is 5.21. The fraction of sp³-hybridized carbons (Fsp3) is 0.808. The Labute approximate surface area is 227 Å². The lowest BCUT2D eigenvalue weighted by Gasteiger charge is -2.20. The van der Waals surface area contributed by atoms with Crippen molar-refractivity contribution < 1.29 is 47.5 Å². The van der Waals surface area contributed by atoms with Crippen molar-refractivity contribution in [3.8, 4) is 0 Å². The van der Waals surface area contributed by atoms with Crippen molar-refractivity contribution in [1.82, 2.24) is 0 Å². The fourth-order valence-corrected chi connectivity index (χ4v) is 4.15. The maximum atomic E-state index is 12.2. The van der Waals surface area contributed by atoms with Gasteiger partial charge in [-0.3, -0.25) is 23.4 Å². The second kappa shape index (κ2) is 23.1. The Morgan fingerprint density at radius 1 is 0.842 bits per heavy atom. The molecular weight excluding hydrogens is 517 g/mol. The number of carboxylic acid groups (broad SMARTS) is 1. The van der Waals surface area contributed by atoms with E-state index in [1.165, 1.54) is 45.4 Å². The van der Waals surface area contributed by atoms with Crippen LogP contribution in [0.15, 0.2) is 12.2 Å². The molecule has 0 aromatic heterocycles. The molecule has 222 valence electrons. The Morgan fingerprint density at radius 3 is 1.92 bits per heavy atom. The van der Waals surface area contributed by atoms with Crippen LogP contribution in [0.25, 0.3) is 0 Å². The van der Waals surface area contributed by atoms with Crippen LogP contribution in [0.5, 0.6) is 0 Å². The Kier molecular flexibility index (Phi) is 22.1. The zero-order valence-corrected chi connectivity index (χ0v) is 23.9. The molecule has 0 radical (unpaired) electrons. The lowest BCUT2D eigenvalue weighted by atomic mass is 10.1. The number of phosphoric ester groups is 1. The molecule has 0 rings (SSSR count). The lowest BCUT2D eigenvalue weighted by molar-refractivity contribution is -0.160. The second-order valence-corrected chi connectivity index (χ2v) is 10.7. The Balaban J connectivity index is 4.09. The van der Waals surface area contributed by atoms with Gasteiger partial charge >= 0.3 is 25.7 Å². The molecule has 3 atom stereocenters. The van der Waals surface area contributed by atoms with E-state index in [9.17, 15) is 23.8 Å². The van der Waals surface area contributed by atoms with Crippen LogP contribution < -0.4 is 5.73 Å². The number of nitrogens with two attached hydrogens (primary N) is 1. The van der Waals surface area contributed by atoms with Crippen LogP contribution in [0.1, 0.15) is 104 Å². The van der Waals surface area contributed by atoms with E-state index in [-0.39, 0.29) is 13.0 Å². The number of ether oxygens (including phenoxy) is 2. The molecule has 0 aromatic carbocycles. The van der Waals surface area contributed by atoms with Crippen LogP contribution in [0, 0.1) is 0 Å². The first-order chi connectivity index (χ1) is 18.1. The summed E-state index contributed by atoms with van der Waals surface area (Å²) >= 11 is 0. The number of hydrogen-bond acceptors (Lipinski definition) is 9. The minimum Gasteiger partial charge on any atom is -0.480 e. The summed E-state index contributed by atoms with van der Waals surface area (Å²) in [4.78, 5) is 43.6. The Hall–Kier alpha value is -1.78. The smallest absolute Gasteiger partial charge is 0.472 e. The maximum absolute atomic E-state index is 12.2. The highest BCUT2D eigenvalue weighted by Crippen LogP contribution is 2.43. The summed E-state index contributed by atoms with van der Waals surface area (Å²) in [5.74, 6) is -2.59. The predicted octanol–water partition coefficient (Wildman–Crippen LogP) is 5.04. The minimum atomic E-state index is -4.66. The number of hydrogen-bond donors (Lipinski definition) is 3. The molecular formula is C26H48NO10P. The molecule has 0 amide bonds. The van der Waals surface area contributed by atoms with Gasteiger partial charge in [-0.25, -0.2) is 4.57 Å². The number of unbranched alkanes of at least 4 members (excludes halogenated alkanes) is 11. The highest BCUT2D eigenvalue weighted by molar-refractivity contribution is 7.47. The van der Waals surface area contributed by atoms with Gasteiger partial charge in [0.05, 0.1) is 13.2 Å². The first-order valence-corrected chi connectivity index (χ1v) is 15.1. The number of carbonyl (C=O) groups is 3. The number of esters is 2. The highest BCUT2D eigenvalue weighted by atomic mass is 31.2. The van der Waals surface area contributed by atoms with Gasteiger partial charge in [0.25, 0.3) is 0 Å². The van der Waals surface area contributed by atoms with Crippen LogP contribution in [0.2, 0.25) is 0 Å². The molecule has 0 spiro atoms. The van der Waals surface area contributed by atoms with E-state index in [1.54, 1.807) is 0 Å². The van der Waals surface area contributed by atoms with E-state index >= 15 is 0 Å². The molecule has 11 nitrogen and oxygen atoms in total. The summed E-state index contributed by atoms with van der Waals surface area (Å²) in [5, 5.41) is 8.70. The van der Waals surface area contributed by atoms with Crippen molar-refractivity contribution in [1.29, 1.82) is 0 Å². The number of aliphatic carboxylic acids is 1. The molecule has 0 heterocycles. The molecule has 0 aliphatic heterocycles. The molecule has 0 bridgehead atoms. The van der Waals surface area contributed by atoms with Gasteiger partial charge in [0, 0.05) is 13.3 Å². The van der Waals surface area contributed by atoms with Gasteiger partial charge in [0.15, 0.2) is 6.10 Å². The molecule has 38 heavy (non-hydrogen) atoms. The summed E-state index contributed by atoms with van der Waals surface area (Å²) in [6, 6.07) is -1.51. The van der Waals surface area contributed by atoms with Crippen LogP contribution in [0.3, 0.4) is 0 Å². The SMILES string of the molecule is CCCCCCCC/C=C\CCCCCCCC(=O)OC(COC(C)=O)COP(=O)(O)OCC(N)C(=O)O. The number of carbonyl (C=O) groups excluding carboxylic acids is 2. The molecule has 12 heteroatoms. The van der Waals surface area contributed by atoms with Gasteiger partial charge in [-0.1, -0.05) is 70.4 Å². The molecule has 0 aliphatic rings. The molecule has 3 unspecified atom stereocenters. The fourth-order valence-electron chi connectivity index (χ4n) is 3.37. The normalized spacial score (nSPS) is 14.6. The monoisotopic (exact) mass is 565 g/mol. The first-order valence-electron chi connectivity index (χ1n) is 13.7. The van der Waals surface area contributed by atoms with Crippen molar-refractivity contribution in [3.05, 3.63) is 12.2 Å². The van der Waals surface area contributed by atoms with Gasteiger partial charge in [-0.15, -0.1) is 0 Å². The van der Waals surface area contributed by atoms with E-state index in [1.807, 2.05) is 0 Å². The molecule has 0 saturated heterocycles. The van der Waals surface area contributed by atoms with Gasteiger partial charge in [0.1, 0.15) is 12.6 Å². The van der Waals surface area contributed by atoms with E-state index in [4.69, 9.17) is 24.8 Å². The molecule has 4 N–H and O–H groups in total. The van der Waals surface area contributed by atoms with Crippen LogP contribution in [0.4, 0.5) is 0 Å². The predicted molar refractivity (Wildman–Crippen MR) is 143 cm³/mol. The van der Waals surface area contributed by atoms with Crippen molar-refractivity contribution in [2.75, 3.05) is 19.8 Å². The van der Waals surface area contributed by atoms with Crippen molar-refractivity contribution in [3.63, 3.8) is 0 Å². The van der Waals surface area contributed by atoms with Crippen LogP contribution >= 0.6 is 7.82 Å². The number of allylic oxidation sites excluding steroid dienone is 2. The second-order valence-electron chi connectivity index (χ2n) is 9.25. The van der Waals surface area contributed by atoms with Gasteiger partial charge < -0.3 is 25.2 Å². The largest absolute Gasteiger partial charge is 0.480 e. The van der Waals surface area contributed by atoms with Gasteiger partial charge in [-0.05, 0) is 32.1 Å². The van der Waals surface area contributed by atoms with Crippen molar-refractivity contribution >= 4 is 25.7 Å². The average molecular weight is 566 g/mol. The summed E-state index contributed by atoms with van der Waals surface area (Å²) in [6.07, 6.45) is 18.3. The average Bonchev–Trinajstić information content (AvgIpc) is 2.86. The molecule has 0 fully saturated rings. The van der Waals surface area contributed by atoms with Crippen LogP contribution in [-0.4, -0.2) is 59.9 Å². The summed E-state index contributed by atoms with van der Waals surface area (Å²) < 4.78 is 31.2. The quantitative estimate of drug-likeness (QED) is 0.0585. The van der Waals surface area contributed by atoms with Crippen molar-refractivity contribution in [2.45, 2.75) is 116 Å². The van der Waals surface area contributed by atoms with E-state index in [0.29, 0.717) is 6.42 Å². The topological polar surface area (TPSA) is 172 Å². The number of carboxylic acids is 1. The molecule has 0 aliphatic carbocycles. The zero-order valence-electron chi connectivity index (χ0n) is 23.0. The summed E-state index contributed by atoms with van der Waals surface area (Å²) in [6.45, 7) is 1.67. The van der Waals surface area contributed by atoms with E-state index < -0.39 is 51.1 Å². The zero-order chi connectivity index (χ0) is 28.7. The van der Waals surface area contributed by atoms with Gasteiger partial charge in [-0.2, -0.15) is 0 Å². The third-order valence-corrected chi connectivity index (χ3v) is 6.52. The number of phosphoric acid groups is 1. The van der Waals surface area contributed by atoms with Gasteiger partial charge in [0.2, 0.25) is 0 Å². The summed E-state index contributed by atoms with van der Waals surface area (Å²) in [7, 11) is -4.66. The minimum absolute atomic E-state index is 0.148. The maximum Gasteiger partial charge on any atom is 0.472 e. The Bertz CT molecular complexity index is 731. The Morgan fingerprint density at radius 2 is 1.37 bits per heavy atom. The number of rotatable bonds is 25. The first kappa shape index (κ1) is 36.2. The third kappa shape index (κ3) is 23.3.